The second kappa shape index (κ2) is 9.67. The van der Waals surface area contributed by atoms with Crippen LogP contribution in [-0.2, 0) is 22.3 Å². The average molecular weight is 440 g/mol. The van der Waals surface area contributed by atoms with Crippen LogP contribution in [0.25, 0.3) is 0 Å². The number of sulfonamides is 1. The van der Waals surface area contributed by atoms with Crippen LogP contribution in [0, 0.1) is 10.1 Å². The molecular formula is C16H24N8O5S. The lowest BCUT2D eigenvalue weighted by molar-refractivity contribution is -0.385. The third-order valence-electron chi connectivity index (χ3n) is 4.51. The molecule has 30 heavy (non-hydrogen) atoms. The van der Waals surface area contributed by atoms with E-state index >= 15 is 0 Å². The predicted octanol–water partition coefficient (Wildman–Crippen LogP) is -0.108. The SMILES string of the molecule is CCNC(=NCCn1cc([N+](=O)[O-])cn1)N1CCN(S(=O)(=O)Cc2ccon2)CC1. The zero-order chi connectivity index (χ0) is 21.6. The first-order valence-electron chi connectivity index (χ1n) is 9.46. The zero-order valence-corrected chi connectivity index (χ0v) is 17.4. The van der Waals surface area contributed by atoms with Crippen molar-refractivity contribution in [2.45, 2.75) is 19.2 Å². The maximum atomic E-state index is 12.6. The Labute approximate surface area is 173 Å². The van der Waals surface area contributed by atoms with Gasteiger partial charge in [-0.2, -0.15) is 9.40 Å². The van der Waals surface area contributed by atoms with Crippen LogP contribution in [0.3, 0.4) is 0 Å². The first-order chi connectivity index (χ1) is 14.4. The minimum atomic E-state index is -3.47. The van der Waals surface area contributed by atoms with E-state index in [1.807, 2.05) is 11.8 Å². The van der Waals surface area contributed by atoms with Gasteiger partial charge in [-0.25, -0.2) is 8.42 Å². The fourth-order valence-corrected chi connectivity index (χ4v) is 4.45. The topological polar surface area (TPSA) is 152 Å². The van der Waals surface area contributed by atoms with E-state index < -0.39 is 14.9 Å². The van der Waals surface area contributed by atoms with Crippen molar-refractivity contribution in [1.29, 1.82) is 0 Å². The molecule has 2 aromatic heterocycles. The molecule has 0 atom stereocenters. The summed E-state index contributed by atoms with van der Waals surface area (Å²) in [5, 5.41) is 21.5. The Morgan fingerprint density at radius 3 is 2.73 bits per heavy atom. The molecule has 1 aliphatic heterocycles. The Morgan fingerprint density at radius 1 is 1.37 bits per heavy atom. The molecule has 0 saturated carbocycles. The van der Waals surface area contributed by atoms with Crippen LogP contribution >= 0.6 is 0 Å². The molecule has 3 rings (SSSR count). The van der Waals surface area contributed by atoms with Crippen LogP contribution < -0.4 is 5.32 Å². The van der Waals surface area contributed by atoms with E-state index in [2.05, 4.69) is 20.6 Å². The van der Waals surface area contributed by atoms with Crippen LogP contribution in [0.5, 0.6) is 0 Å². The van der Waals surface area contributed by atoms with Crippen molar-refractivity contribution in [3.05, 3.63) is 40.5 Å². The number of guanidine groups is 1. The van der Waals surface area contributed by atoms with Crippen molar-refractivity contribution in [3.8, 4) is 0 Å². The lowest BCUT2D eigenvalue weighted by atomic mass is 10.4. The Hall–Kier alpha value is -3.00. The van der Waals surface area contributed by atoms with Crippen LogP contribution in [0.15, 0.2) is 34.2 Å². The number of hydrogen-bond acceptors (Lipinski definition) is 8. The van der Waals surface area contributed by atoms with Crippen LogP contribution in [0.2, 0.25) is 0 Å². The van der Waals surface area contributed by atoms with Crippen molar-refractivity contribution in [3.63, 3.8) is 0 Å². The number of aromatic nitrogens is 3. The fraction of sp³-hybridized carbons (Fsp3) is 0.562. The standard InChI is InChI=1S/C16H24N8O5S/c1-2-17-16(18-4-5-22-12-15(11-19-22)24(25)26)21-6-8-23(9-7-21)30(27,28)13-14-3-10-29-20-14/h3,10-12H,2,4-9,13H2,1H3,(H,17,18). The molecule has 0 aliphatic carbocycles. The lowest BCUT2D eigenvalue weighted by Gasteiger charge is -2.35. The summed E-state index contributed by atoms with van der Waals surface area (Å²) in [7, 11) is -3.47. The molecule has 14 heteroatoms. The van der Waals surface area contributed by atoms with E-state index in [0.717, 1.165) is 0 Å². The van der Waals surface area contributed by atoms with Crippen molar-refractivity contribution in [2.75, 3.05) is 39.3 Å². The first-order valence-corrected chi connectivity index (χ1v) is 11.1. The van der Waals surface area contributed by atoms with Crippen molar-refractivity contribution in [1.82, 2.24) is 29.5 Å². The molecule has 0 amide bonds. The van der Waals surface area contributed by atoms with Gasteiger partial charge < -0.3 is 14.7 Å². The molecule has 1 saturated heterocycles. The summed E-state index contributed by atoms with van der Waals surface area (Å²) in [6, 6.07) is 1.54. The van der Waals surface area contributed by atoms with Gasteiger partial charge in [0, 0.05) is 38.8 Å². The van der Waals surface area contributed by atoms with Crippen LogP contribution in [-0.4, -0.2) is 82.7 Å². The second-order valence-electron chi connectivity index (χ2n) is 6.59. The highest BCUT2D eigenvalue weighted by Crippen LogP contribution is 2.13. The van der Waals surface area contributed by atoms with Gasteiger partial charge in [0.2, 0.25) is 10.0 Å². The van der Waals surface area contributed by atoms with E-state index in [4.69, 9.17) is 4.52 Å². The number of nitrogens with one attached hydrogen (secondary N) is 1. The average Bonchev–Trinajstić information content (AvgIpc) is 3.39. The molecule has 3 heterocycles. The predicted molar refractivity (Wildman–Crippen MR) is 107 cm³/mol. The maximum Gasteiger partial charge on any atom is 0.306 e. The van der Waals surface area contributed by atoms with E-state index in [1.165, 1.54) is 33.7 Å². The molecule has 1 aliphatic rings. The van der Waals surface area contributed by atoms with Gasteiger partial charge in [0.1, 0.15) is 24.4 Å². The summed E-state index contributed by atoms with van der Waals surface area (Å²) in [4.78, 5) is 16.8. The Morgan fingerprint density at radius 2 is 2.13 bits per heavy atom. The second-order valence-corrected chi connectivity index (χ2v) is 8.56. The summed E-state index contributed by atoms with van der Waals surface area (Å²) in [6.07, 6.45) is 3.91. The number of hydrogen-bond donors (Lipinski definition) is 1. The highest BCUT2D eigenvalue weighted by atomic mass is 32.2. The molecular weight excluding hydrogens is 416 g/mol. The summed E-state index contributed by atoms with van der Waals surface area (Å²) in [5.41, 5.74) is 0.319. The Bertz CT molecular complexity index is 964. The molecule has 2 aromatic rings. The van der Waals surface area contributed by atoms with Gasteiger partial charge in [0.25, 0.3) is 0 Å². The molecule has 1 fully saturated rings. The van der Waals surface area contributed by atoms with Gasteiger partial charge in [0.15, 0.2) is 5.96 Å². The number of rotatable bonds is 8. The van der Waals surface area contributed by atoms with Gasteiger partial charge >= 0.3 is 5.69 Å². The number of aliphatic imine (C=N–C) groups is 1. The number of nitrogens with zero attached hydrogens (tertiary/aromatic N) is 7. The largest absolute Gasteiger partial charge is 0.364 e. The molecule has 0 unspecified atom stereocenters. The molecule has 1 N–H and O–H groups in total. The van der Waals surface area contributed by atoms with Gasteiger partial charge in [-0.1, -0.05) is 5.16 Å². The third kappa shape index (κ3) is 5.54. The number of nitro groups is 1. The first kappa shape index (κ1) is 21.7. The van der Waals surface area contributed by atoms with E-state index in [9.17, 15) is 18.5 Å². The molecule has 0 radical (unpaired) electrons. The van der Waals surface area contributed by atoms with Crippen molar-refractivity contribution >= 4 is 21.7 Å². The molecule has 13 nitrogen and oxygen atoms in total. The van der Waals surface area contributed by atoms with Crippen LogP contribution in [0.4, 0.5) is 5.69 Å². The van der Waals surface area contributed by atoms with Gasteiger partial charge in [-0.3, -0.25) is 19.8 Å². The molecule has 164 valence electrons. The summed E-state index contributed by atoms with van der Waals surface area (Å²) in [5.74, 6) is 0.487. The number of piperazine rings is 1. The smallest absolute Gasteiger partial charge is 0.306 e. The van der Waals surface area contributed by atoms with Gasteiger partial charge in [-0.15, -0.1) is 0 Å². The molecule has 0 bridgehead atoms. The summed E-state index contributed by atoms with van der Waals surface area (Å²) < 4.78 is 32.7. The summed E-state index contributed by atoms with van der Waals surface area (Å²) >= 11 is 0. The van der Waals surface area contributed by atoms with E-state index in [0.29, 0.717) is 57.5 Å². The molecule has 0 aromatic carbocycles. The normalized spacial score (nSPS) is 16.0. The van der Waals surface area contributed by atoms with Gasteiger partial charge in [0.05, 0.1) is 23.7 Å². The van der Waals surface area contributed by atoms with Crippen molar-refractivity contribution < 1.29 is 17.9 Å². The zero-order valence-electron chi connectivity index (χ0n) is 16.5. The Kier molecular flexibility index (Phi) is 6.99. The molecule has 0 spiro atoms. The highest BCUT2D eigenvalue weighted by Gasteiger charge is 2.29. The van der Waals surface area contributed by atoms with E-state index in [1.54, 1.807) is 0 Å². The third-order valence-corrected chi connectivity index (χ3v) is 6.32. The minimum Gasteiger partial charge on any atom is -0.364 e. The minimum absolute atomic E-state index is 0.0613. The highest BCUT2D eigenvalue weighted by molar-refractivity contribution is 7.88. The van der Waals surface area contributed by atoms with E-state index in [-0.39, 0.29) is 11.4 Å². The quantitative estimate of drug-likeness (QED) is 0.256. The van der Waals surface area contributed by atoms with Crippen molar-refractivity contribution in [2.24, 2.45) is 4.99 Å². The maximum absolute atomic E-state index is 12.6. The monoisotopic (exact) mass is 440 g/mol. The Balaban J connectivity index is 1.55. The van der Waals surface area contributed by atoms with Crippen LogP contribution in [0.1, 0.15) is 12.6 Å². The lowest BCUT2D eigenvalue weighted by Crippen LogP contribution is -2.54. The fourth-order valence-electron chi connectivity index (χ4n) is 3.02. The van der Waals surface area contributed by atoms with Gasteiger partial charge in [-0.05, 0) is 6.92 Å². The summed E-state index contributed by atoms with van der Waals surface area (Å²) in [6.45, 7) is 5.07.